The highest BCUT2D eigenvalue weighted by Crippen LogP contribution is 2.23. The number of aromatic nitrogens is 1. The number of benzene rings is 1. The van der Waals surface area contributed by atoms with Crippen LogP contribution in [-0.2, 0) is 0 Å². The van der Waals surface area contributed by atoms with E-state index in [1.165, 1.54) is 12.1 Å². The van der Waals surface area contributed by atoms with Crippen LogP contribution in [0, 0.1) is 12.7 Å². The molecule has 0 fully saturated rings. The average molecular weight is 312 g/mol. The molecule has 0 saturated carbocycles. The number of halogens is 2. The summed E-state index contributed by atoms with van der Waals surface area (Å²) in [6.45, 7) is 1.66. The molecule has 0 bridgehead atoms. The maximum absolute atomic E-state index is 12.9. The Hall–Kier alpha value is -2.54. The van der Waals surface area contributed by atoms with Gasteiger partial charge in [-0.1, -0.05) is 11.6 Å². The molecule has 0 atom stereocenters. The van der Waals surface area contributed by atoms with E-state index in [1.54, 1.807) is 6.92 Å². The van der Waals surface area contributed by atoms with E-state index in [9.17, 15) is 14.0 Å². The van der Waals surface area contributed by atoms with Gasteiger partial charge in [0.15, 0.2) is 0 Å². The molecule has 110 valence electrons. The quantitative estimate of drug-likeness (QED) is 0.699. The van der Waals surface area contributed by atoms with Crippen molar-refractivity contribution in [3.05, 3.63) is 46.5 Å². The highest BCUT2D eigenvalue weighted by molar-refractivity contribution is 6.33. The van der Waals surface area contributed by atoms with Gasteiger partial charge in [0, 0.05) is 5.69 Å². The Morgan fingerprint density at radius 2 is 1.90 bits per heavy atom. The molecule has 6 nitrogen and oxygen atoms in total. The number of nitrogens with one attached hydrogen (secondary N) is 3. The molecule has 1 heterocycles. The molecular weight excluding hydrogens is 301 g/mol. The number of H-pyrrole nitrogens is 1. The highest BCUT2D eigenvalue weighted by atomic mass is 35.5. The number of carbonyl (C=O) groups is 2. The molecule has 2 aromatic rings. The molecule has 0 aliphatic carbocycles. The molecule has 0 spiro atoms. The normalized spacial score (nSPS) is 10.2. The summed E-state index contributed by atoms with van der Waals surface area (Å²) >= 11 is 5.78. The summed E-state index contributed by atoms with van der Waals surface area (Å²) in [6.07, 6.45) is 0. The molecule has 1 aromatic heterocycles. The van der Waals surface area contributed by atoms with E-state index >= 15 is 0 Å². The summed E-state index contributed by atoms with van der Waals surface area (Å²) < 4.78 is 12.9. The standard InChI is InChI=1S/C13H11ClFN3O3/c1-6-4-10(11(16-6)12(19)20)18-13(21)17-9-3-2-7(15)5-8(9)14/h2-5,16H,1H3,(H,19,20)(H2,17,18,21). The molecule has 0 aliphatic heterocycles. The Morgan fingerprint density at radius 1 is 1.24 bits per heavy atom. The van der Waals surface area contributed by atoms with Crippen LogP contribution in [0.15, 0.2) is 24.3 Å². The van der Waals surface area contributed by atoms with Crippen molar-refractivity contribution in [2.45, 2.75) is 6.92 Å². The number of amides is 2. The van der Waals surface area contributed by atoms with Gasteiger partial charge in [-0.2, -0.15) is 0 Å². The number of carboxylic acid groups (broad SMARTS) is 1. The van der Waals surface area contributed by atoms with Crippen LogP contribution in [0.2, 0.25) is 5.02 Å². The van der Waals surface area contributed by atoms with E-state index in [4.69, 9.17) is 16.7 Å². The lowest BCUT2D eigenvalue weighted by molar-refractivity contribution is 0.0692. The minimum absolute atomic E-state index is 0.0360. The first kappa shape index (κ1) is 14.9. The van der Waals surface area contributed by atoms with Crippen molar-refractivity contribution in [1.82, 2.24) is 4.98 Å². The van der Waals surface area contributed by atoms with E-state index in [2.05, 4.69) is 15.6 Å². The second kappa shape index (κ2) is 5.84. The predicted octanol–water partition coefficient (Wildman–Crippen LogP) is 3.46. The summed E-state index contributed by atoms with van der Waals surface area (Å²) in [4.78, 5) is 25.4. The first-order valence-electron chi connectivity index (χ1n) is 5.83. The highest BCUT2D eigenvalue weighted by Gasteiger charge is 2.15. The molecular formula is C13H11ClFN3O3. The molecule has 0 unspecified atom stereocenters. The molecule has 0 saturated heterocycles. The zero-order valence-corrected chi connectivity index (χ0v) is 11.6. The van der Waals surface area contributed by atoms with Crippen LogP contribution >= 0.6 is 11.6 Å². The lowest BCUT2D eigenvalue weighted by Gasteiger charge is -2.08. The van der Waals surface area contributed by atoms with Gasteiger partial charge in [0.1, 0.15) is 11.5 Å². The van der Waals surface area contributed by atoms with Gasteiger partial charge in [-0.15, -0.1) is 0 Å². The Kier molecular flexibility index (Phi) is 4.13. The van der Waals surface area contributed by atoms with Crippen LogP contribution in [0.1, 0.15) is 16.2 Å². The van der Waals surface area contributed by atoms with Gasteiger partial charge >= 0.3 is 12.0 Å². The minimum Gasteiger partial charge on any atom is -0.477 e. The third-order valence-electron chi connectivity index (χ3n) is 2.59. The van der Waals surface area contributed by atoms with Crippen molar-refractivity contribution in [2.24, 2.45) is 0 Å². The van der Waals surface area contributed by atoms with Crippen molar-refractivity contribution in [1.29, 1.82) is 0 Å². The second-order valence-electron chi connectivity index (χ2n) is 4.25. The van der Waals surface area contributed by atoms with Crippen molar-refractivity contribution >= 4 is 35.0 Å². The summed E-state index contributed by atoms with van der Waals surface area (Å²) in [5, 5.41) is 13.8. The Morgan fingerprint density at radius 3 is 2.52 bits per heavy atom. The summed E-state index contributed by atoms with van der Waals surface area (Å²) in [7, 11) is 0. The van der Waals surface area contributed by atoms with Crippen molar-refractivity contribution in [2.75, 3.05) is 10.6 Å². The fourth-order valence-electron chi connectivity index (χ4n) is 1.72. The van der Waals surface area contributed by atoms with Crippen molar-refractivity contribution < 1.29 is 19.1 Å². The first-order valence-corrected chi connectivity index (χ1v) is 6.20. The number of aryl methyl sites for hydroxylation is 1. The lowest BCUT2D eigenvalue weighted by atomic mass is 10.3. The van der Waals surface area contributed by atoms with Crippen molar-refractivity contribution in [3.8, 4) is 0 Å². The largest absolute Gasteiger partial charge is 0.477 e. The lowest BCUT2D eigenvalue weighted by Crippen LogP contribution is -2.20. The number of anilines is 2. The molecule has 1 aromatic carbocycles. The Labute approximate surface area is 123 Å². The van der Waals surface area contributed by atoms with Gasteiger partial charge in [-0.05, 0) is 31.2 Å². The summed E-state index contributed by atoms with van der Waals surface area (Å²) in [5.74, 6) is -1.72. The zero-order chi connectivity index (χ0) is 15.6. The third kappa shape index (κ3) is 3.51. The fourth-order valence-corrected chi connectivity index (χ4v) is 1.94. The first-order chi connectivity index (χ1) is 9.86. The van der Waals surface area contributed by atoms with E-state index in [1.807, 2.05) is 0 Å². The number of hydrogen-bond acceptors (Lipinski definition) is 2. The van der Waals surface area contributed by atoms with Gasteiger partial charge in [0.25, 0.3) is 0 Å². The van der Waals surface area contributed by atoms with Crippen molar-refractivity contribution in [3.63, 3.8) is 0 Å². The number of urea groups is 1. The maximum Gasteiger partial charge on any atom is 0.354 e. The van der Waals surface area contributed by atoms with Crippen LogP contribution in [0.3, 0.4) is 0 Å². The zero-order valence-electron chi connectivity index (χ0n) is 10.8. The number of aromatic amines is 1. The third-order valence-corrected chi connectivity index (χ3v) is 2.91. The average Bonchev–Trinajstić information content (AvgIpc) is 2.74. The number of hydrogen-bond donors (Lipinski definition) is 4. The molecule has 0 aliphatic rings. The van der Waals surface area contributed by atoms with Crippen LogP contribution in [0.25, 0.3) is 0 Å². The number of carboxylic acids is 1. The monoisotopic (exact) mass is 311 g/mol. The van der Waals surface area contributed by atoms with E-state index in [0.29, 0.717) is 5.69 Å². The SMILES string of the molecule is Cc1cc(NC(=O)Nc2ccc(F)cc2Cl)c(C(=O)O)[nH]1. The van der Waals surface area contributed by atoms with E-state index in [-0.39, 0.29) is 22.1 Å². The van der Waals surface area contributed by atoms with Crippen LogP contribution in [0.4, 0.5) is 20.6 Å². The van der Waals surface area contributed by atoms with E-state index < -0.39 is 17.8 Å². The second-order valence-corrected chi connectivity index (χ2v) is 4.66. The molecule has 8 heteroatoms. The van der Waals surface area contributed by atoms with Gasteiger partial charge in [-0.3, -0.25) is 0 Å². The van der Waals surface area contributed by atoms with Gasteiger partial charge in [0.2, 0.25) is 0 Å². The molecule has 4 N–H and O–H groups in total. The number of aromatic carboxylic acids is 1. The predicted molar refractivity (Wildman–Crippen MR) is 76.5 cm³/mol. The topological polar surface area (TPSA) is 94.2 Å². The molecule has 21 heavy (non-hydrogen) atoms. The Balaban J connectivity index is 2.13. The Bertz CT molecular complexity index is 715. The summed E-state index contributed by atoms with van der Waals surface area (Å²) in [6, 6.07) is 4.29. The van der Waals surface area contributed by atoms with Gasteiger partial charge in [-0.25, -0.2) is 14.0 Å². The fraction of sp³-hybridized carbons (Fsp3) is 0.0769. The van der Waals surface area contributed by atoms with Crippen LogP contribution in [-0.4, -0.2) is 22.1 Å². The number of rotatable bonds is 3. The van der Waals surface area contributed by atoms with Gasteiger partial charge < -0.3 is 20.7 Å². The molecule has 0 radical (unpaired) electrons. The van der Waals surface area contributed by atoms with E-state index in [0.717, 1.165) is 12.1 Å². The summed E-state index contributed by atoms with van der Waals surface area (Å²) in [5.41, 5.74) is 0.783. The van der Waals surface area contributed by atoms with Gasteiger partial charge in [0.05, 0.1) is 16.4 Å². The smallest absolute Gasteiger partial charge is 0.354 e. The van der Waals surface area contributed by atoms with Crippen LogP contribution < -0.4 is 10.6 Å². The molecule has 2 amide bonds. The molecule has 2 rings (SSSR count). The number of carbonyl (C=O) groups excluding carboxylic acids is 1. The maximum atomic E-state index is 12.9. The minimum atomic E-state index is -1.20. The van der Waals surface area contributed by atoms with Crippen LogP contribution in [0.5, 0.6) is 0 Å².